The Morgan fingerprint density at radius 1 is 0.529 bits per heavy atom. The maximum Gasteiger partial charge on any atom is 0.0683 e. The molecule has 3 rings (SSSR count). The Kier molecular flexibility index (Phi) is 15.9. The van der Waals surface area contributed by atoms with Gasteiger partial charge in [-0.3, -0.25) is 0 Å². The molecule has 0 heterocycles. The van der Waals surface area contributed by atoms with Crippen LogP contribution < -0.4 is 0 Å². The molecule has 34 heavy (non-hydrogen) atoms. The summed E-state index contributed by atoms with van der Waals surface area (Å²) in [6.45, 7) is 3.13. The van der Waals surface area contributed by atoms with E-state index in [9.17, 15) is 0 Å². The van der Waals surface area contributed by atoms with Crippen LogP contribution in [-0.2, 0) is 4.74 Å². The SMILES string of the molecule is CCOC(CCCSC1CCCCC1)(CCCSC1CCCCC1)CCCSC1CCCCC1. The zero-order valence-electron chi connectivity index (χ0n) is 22.5. The van der Waals surface area contributed by atoms with Gasteiger partial charge in [-0.25, -0.2) is 0 Å². The van der Waals surface area contributed by atoms with Gasteiger partial charge in [0, 0.05) is 22.4 Å². The second kappa shape index (κ2) is 18.3. The summed E-state index contributed by atoms with van der Waals surface area (Å²) in [5.41, 5.74) is 0.155. The maximum absolute atomic E-state index is 6.68. The smallest absolute Gasteiger partial charge is 0.0683 e. The van der Waals surface area contributed by atoms with Crippen LogP contribution in [0.3, 0.4) is 0 Å². The molecule has 3 aliphatic carbocycles. The molecule has 0 aliphatic heterocycles. The molecule has 0 saturated heterocycles. The summed E-state index contributed by atoms with van der Waals surface area (Å²) < 4.78 is 6.68. The number of rotatable bonds is 17. The van der Waals surface area contributed by atoms with Crippen LogP contribution in [0.2, 0.25) is 0 Å². The minimum atomic E-state index is 0.155. The van der Waals surface area contributed by atoms with E-state index in [1.807, 2.05) is 0 Å². The molecule has 0 aromatic rings. The fraction of sp³-hybridized carbons (Fsp3) is 1.00. The Balaban J connectivity index is 1.42. The fourth-order valence-electron chi connectivity index (χ4n) is 6.53. The predicted molar refractivity (Wildman–Crippen MR) is 160 cm³/mol. The quantitative estimate of drug-likeness (QED) is 0.173. The molecule has 3 aliphatic rings. The molecular weight excluding hydrogens is 473 g/mol. The van der Waals surface area contributed by atoms with Gasteiger partial charge in [-0.2, -0.15) is 35.3 Å². The van der Waals surface area contributed by atoms with Gasteiger partial charge in [0.25, 0.3) is 0 Å². The van der Waals surface area contributed by atoms with Gasteiger partial charge < -0.3 is 4.74 Å². The molecule has 1 nitrogen and oxygen atoms in total. The van der Waals surface area contributed by atoms with Crippen molar-refractivity contribution < 1.29 is 4.74 Å². The largest absolute Gasteiger partial charge is 0.375 e. The monoisotopic (exact) mass is 528 g/mol. The van der Waals surface area contributed by atoms with Crippen LogP contribution in [-0.4, -0.2) is 45.2 Å². The van der Waals surface area contributed by atoms with Crippen molar-refractivity contribution in [3.63, 3.8) is 0 Å². The van der Waals surface area contributed by atoms with E-state index in [2.05, 4.69) is 42.2 Å². The molecule has 0 N–H and O–H groups in total. The van der Waals surface area contributed by atoms with Gasteiger partial charge in [-0.05, 0) is 101 Å². The molecule has 3 saturated carbocycles. The summed E-state index contributed by atoms with van der Waals surface area (Å²) in [7, 11) is 0. The molecule has 0 radical (unpaired) electrons. The minimum absolute atomic E-state index is 0.155. The molecule has 0 spiro atoms. The Labute approximate surface area is 226 Å². The third-order valence-electron chi connectivity index (χ3n) is 8.50. The summed E-state index contributed by atoms with van der Waals surface area (Å²) >= 11 is 6.86. The molecule has 0 aromatic heterocycles. The van der Waals surface area contributed by atoms with E-state index in [-0.39, 0.29) is 5.60 Å². The average molecular weight is 529 g/mol. The van der Waals surface area contributed by atoms with E-state index < -0.39 is 0 Å². The third kappa shape index (κ3) is 12.0. The van der Waals surface area contributed by atoms with Crippen LogP contribution in [0, 0.1) is 0 Å². The second-order valence-corrected chi connectivity index (χ2v) is 15.5. The van der Waals surface area contributed by atoms with Crippen molar-refractivity contribution in [2.75, 3.05) is 23.9 Å². The number of hydrogen-bond acceptors (Lipinski definition) is 4. The molecule has 3 fully saturated rings. The first kappa shape index (κ1) is 29.6. The average Bonchev–Trinajstić information content (AvgIpc) is 2.89. The van der Waals surface area contributed by atoms with E-state index in [1.54, 1.807) is 0 Å². The number of hydrogen-bond donors (Lipinski definition) is 0. The minimum Gasteiger partial charge on any atom is -0.375 e. The van der Waals surface area contributed by atoms with Gasteiger partial charge in [-0.1, -0.05) is 57.8 Å². The fourth-order valence-corrected chi connectivity index (χ4v) is 10.5. The van der Waals surface area contributed by atoms with Crippen molar-refractivity contribution in [3.05, 3.63) is 0 Å². The van der Waals surface area contributed by atoms with E-state index >= 15 is 0 Å². The van der Waals surface area contributed by atoms with Gasteiger partial charge in [0.2, 0.25) is 0 Å². The molecular formula is C30H56OS3. The maximum atomic E-state index is 6.68. The first-order valence-electron chi connectivity index (χ1n) is 15.3. The van der Waals surface area contributed by atoms with Crippen molar-refractivity contribution in [2.24, 2.45) is 0 Å². The zero-order valence-corrected chi connectivity index (χ0v) is 25.0. The van der Waals surface area contributed by atoms with Crippen molar-refractivity contribution in [3.8, 4) is 0 Å². The number of ether oxygens (including phenoxy) is 1. The lowest BCUT2D eigenvalue weighted by Crippen LogP contribution is -2.34. The summed E-state index contributed by atoms with van der Waals surface area (Å²) in [5, 5.41) is 2.86. The Bertz CT molecular complexity index is 417. The van der Waals surface area contributed by atoms with Crippen molar-refractivity contribution >= 4 is 35.3 Å². The van der Waals surface area contributed by atoms with Crippen molar-refractivity contribution in [2.45, 2.75) is 163 Å². The first-order valence-corrected chi connectivity index (χ1v) is 18.4. The lowest BCUT2D eigenvalue weighted by molar-refractivity contribution is -0.0585. The lowest BCUT2D eigenvalue weighted by Gasteiger charge is -2.35. The van der Waals surface area contributed by atoms with E-state index in [0.717, 1.165) is 22.4 Å². The van der Waals surface area contributed by atoms with Crippen LogP contribution >= 0.6 is 35.3 Å². The Hall–Kier alpha value is 1.01. The normalized spacial score (nSPS) is 21.8. The summed E-state index contributed by atoms with van der Waals surface area (Å²) in [5.74, 6) is 4.06. The lowest BCUT2D eigenvalue weighted by atomic mass is 9.88. The summed E-state index contributed by atoms with van der Waals surface area (Å²) in [6.07, 6.45) is 30.0. The molecule has 0 atom stereocenters. The highest BCUT2D eigenvalue weighted by molar-refractivity contribution is 8.00. The van der Waals surface area contributed by atoms with E-state index in [1.165, 1.54) is 152 Å². The van der Waals surface area contributed by atoms with Crippen molar-refractivity contribution in [1.82, 2.24) is 0 Å². The van der Waals surface area contributed by atoms with Gasteiger partial charge in [0.1, 0.15) is 0 Å². The van der Waals surface area contributed by atoms with Crippen LogP contribution in [0.4, 0.5) is 0 Å². The summed E-state index contributed by atoms with van der Waals surface area (Å²) in [4.78, 5) is 0. The summed E-state index contributed by atoms with van der Waals surface area (Å²) in [6, 6.07) is 0. The molecule has 0 aromatic carbocycles. The molecule has 0 unspecified atom stereocenters. The van der Waals surface area contributed by atoms with Crippen LogP contribution in [0.15, 0.2) is 0 Å². The predicted octanol–water partition coefficient (Wildman–Crippen LogP) is 10.3. The van der Waals surface area contributed by atoms with Crippen molar-refractivity contribution in [1.29, 1.82) is 0 Å². The highest BCUT2D eigenvalue weighted by Gasteiger charge is 2.30. The highest BCUT2D eigenvalue weighted by atomic mass is 32.2. The molecule has 4 heteroatoms. The van der Waals surface area contributed by atoms with Gasteiger partial charge in [0.15, 0.2) is 0 Å². The topological polar surface area (TPSA) is 9.23 Å². The first-order chi connectivity index (χ1) is 16.8. The second-order valence-electron chi connectivity index (χ2n) is 11.3. The highest BCUT2D eigenvalue weighted by Crippen LogP contribution is 2.36. The number of thioether (sulfide) groups is 3. The van der Waals surface area contributed by atoms with Gasteiger partial charge >= 0.3 is 0 Å². The van der Waals surface area contributed by atoms with E-state index in [0.29, 0.717) is 0 Å². The standard InChI is InChI=1S/C30H56OS3/c1-2-31-30(21-12-24-32-27-15-6-3-7-16-27,22-13-25-33-28-17-8-4-9-18-28)23-14-26-34-29-19-10-5-11-20-29/h27-29H,2-26H2,1H3. The molecule has 200 valence electrons. The third-order valence-corrected chi connectivity index (χ3v) is 12.9. The zero-order chi connectivity index (χ0) is 23.7. The molecule has 0 amide bonds. The van der Waals surface area contributed by atoms with Gasteiger partial charge in [0.05, 0.1) is 5.60 Å². The van der Waals surface area contributed by atoms with Gasteiger partial charge in [-0.15, -0.1) is 0 Å². The van der Waals surface area contributed by atoms with E-state index in [4.69, 9.17) is 4.74 Å². The molecule has 0 bridgehead atoms. The Morgan fingerprint density at radius 3 is 1.15 bits per heavy atom. The van der Waals surface area contributed by atoms with Crippen LogP contribution in [0.25, 0.3) is 0 Å². The van der Waals surface area contributed by atoms with Crippen LogP contribution in [0.5, 0.6) is 0 Å². The Morgan fingerprint density at radius 2 is 0.853 bits per heavy atom. The van der Waals surface area contributed by atoms with Crippen LogP contribution in [0.1, 0.15) is 142 Å².